The molecule has 1 atom stereocenters. The molecule has 0 aliphatic carbocycles. The summed E-state index contributed by atoms with van der Waals surface area (Å²) in [6.07, 6.45) is 0. The van der Waals surface area contributed by atoms with Gasteiger partial charge in [0.05, 0.1) is 13.7 Å². The van der Waals surface area contributed by atoms with Gasteiger partial charge in [-0.2, -0.15) is 0 Å². The molecule has 1 aromatic rings. The molecule has 0 saturated heterocycles. The van der Waals surface area contributed by atoms with Gasteiger partial charge in [-0.25, -0.2) is 4.79 Å². The molecule has 1 rings (SSSR count). The summed E-state index contributed by atoms with van der Waals surface area (Å²) in [7, 11) is 1.28. The molecule has 0 aromatic heterocycles. The molecule has 0 spiro atoms. The Hall–Kier alpha value is -1.39. The lowest BCUT2D eigenvalue weighted by Gasteiger charge is -2.21. The maximum atomic E-state index is 11.2. The maximum absolute atomic E-state index is 11.2. The molecule has 15 heavy (non-hydrogen) atoms. The van der Waals surface area contributed by atoms with Crippen LogP contribution in [-0.4, -0.2) is 18.8 Å². The van der Waals surface area contributed by atoms with Crippen molar-refractivity contribution >= 4 is 5.97 Å². The number of hydrogen-bond acceptors (Lipinski definition) is 4. The number of esters is 1. The molecule has 0 bridgehead atoms. The van der Waals surface area contributed by atoms with Gasteiger partial charge in [0.1, 0.15) is 0 Å². The van der Waals surface area contributed by atoms with Crippen LogP contribution < -0.4 is 5.73 Å². The van der Waals surface area contributed by atoms with Crippen LogP contribution in [0.5, 0.6) is 0 Å². The Morgan fingerprint density at radius 3 is 2.53 bits per heavy atom. The Morgan fingerprint density at radius 1 is 1.40 bits per heavy atom. The van der Waals surface area contributed by atoms with Crippen LogP contribution in [-0.2, 0) is 20.9 Å². The number of carbonyl (C=O) groups is 1. The first-order valence-electron chi connectivity index (χ1n) is 4.61. The third-order valence-electron chi connectivity index (χ3n) is 1.97. The van der Waals surface area contributed by atoms with Gasteiger partial charge >= 0.3 is 5.97 Å². The van der Waals surface area contributed by atoms with E-state index >= 15 is 0 Å². The van der Waals surface area contributed by atoms with E-state index in [-0.39, 0.29) is 6.61 Å². The van der Waals surface area contributed by atoms with Crippen LogP contribution >= 0.6 is 0 Å². The number of hydrogen-bond donors (Lipinski definition) is 1. The summed E-state index contributed by atoms with van der Waals surface area (Å²) < 4.78 is 9.79. The number of rotatable bonds is 4. The van der Waals surface area contributed by atoms with E-state index in [2.05, 4.69) is 4.74 Å². The van der Waals surface area contributed by atoms with Crippen molar-refractivity contribution in [1.82, 2.24) is 0 Å². The highest BCUT2D eigenvalue weighted by atomic mass is 16.6. The van der Waals surface area contributed by atoms with E-state index in [1.54, 1.807) is 0 Å². The second kappa shape index (κ2) is 4.91. The molecule has 0 fully saturated rings. The first-order chi connectivity index (χ1) is 7.06. The van der Waals surface area contributed by atoms with E-state index in [9.17, 15) is 4.79 Å². The highest BCUT2D eigenvalue weighted by molar-refractivity contribution is 5.78. The summed E-state index contributed by atoms with van der Waals surface area (Å²) in [6.45, 7) is 1.75. The molecule has 0 amide bonds. The Balaban J connectivity index is 2.53. The van der Waals surface area contributed by atoms with Crippen molar-refractivity contribution in [3.8, 4) is 0 Å². The smallest absolute Gasteiger partial charge is 0.353 e. The fraction of sp³-hybridized carbons (Fsp3) is 0.364. The number of carbonyl (C=O) groups excluding carboxylic acids is 1. The van der Waals surface area contributed by atoms with Gasteiger partial charge in [0, 0.05) is 0 Å². The molecular formula is C11H15NO3. The minimum Gasteiger partial charge on any atom is -0.466 e. The molecule has 0 aliphatic rings. The quantitative estimate of drug-likeness (QED) is 0.594. The summed E-state index contributed by atoms with van der Waals surface area (Å²) in [4.78, 5) is 11.2. The third kappa shape index (κ3) is 3.34. The minimum atomic E-state index is -1.40. The molecule has 0 radical (unpaired) electrons. The first kappa shape index (κ1) is 11.7. The van der Waals surface area contributed by atoms with E-state index in [1.807, 2.05) is 30.3 Å². The van der Waals surface area contributed by atoms with Gasteiger partial charge in [-0.05, 0) is 12.5 Å². The molecule has 82 valence electrons. The van der Waals surface area contributed by atoms with Gasteiger partial charge in [-0.15, -0.1) is 0 Å². The third-order valence-corrected chi connectivity index (χ3v) is 1.97. The Labute approximate surface area is 89.0 Å². The highest BCUT2D eigenvalue weighted by Crippen LogP contribution is 2.09. The summed E-state index contributed by atoms with van der Waals surface area (Å²) in [5, 5.41) is 0. The zero-order valence-corrected chi connectivity index (χ0v) is 8.90. The van der Waals surface area contributed by atoms with Crippen LogP contribution in [0.15, 0.2) is 30.3 Å². The summed E-state index contributed by atoms with van der Waals surface area (Å²) in [5.41, 5.74) is 5.18. The molecule has 0 heterocycles. The van der Waals surface area contributed by atoms with E-state index in [0.29, 0.717) is 0 Å². The standard InChI is InChI=1S/C11H15NO3/c1-11(12,10(13)14-2)15-8-9-6-4-3-5-7-9/h3-7H,8,12H2,1-2H3/t11-/m1/s1. The van der Waals surface area contributed by atoms with Crippen molar-refractivity contribution in [2.75, 3.05) is 7.11 Å². The molecule has 4 heteroatoms. The Morgan fingerprint density at radius 2 is 2.00 bits per heavy atom. The van der Waals surface area contributed by atoms with Crippen LogP contribution in [0.3, 0.4) is 0 Å². The van der Waals surface area contributed by atoms with Crippen molar-refractivity contribution in [3.05, 3.63) is 35.9 Å². The molecule has 4 nitrogen and oxygen atoms in total. The van der Waals surface area contributed by atoms with Crippen LogP contribution in [0.2, 0.25) is 0 Å². The Kier molecular flexibility index (Phi) is 3.82. The zero-order valence-electron chi connectivity index (χ0n) is 8.90. The van der Waals surface area contributed by atoms with Crippen molar-refractivity contribution in [3.63, 3.8) is 0 Å². The summed E-state index contributed by atoms with van der Waals surface area (Å²) in [6, 6.07) is 9.49. The summed E-state index contributed by atoms with van der Waals surface area (Å²) in [5.74, 6) is -0.585. The van der Waals surface area contributed by atoms with Crippen LogP contribution in [0, 0.1) is 0 Å². The van der Waals surface area contributed by atoms with Crippen molar-refractivity contribution < 1.29 is 14.3 Å². The van der Waals surface area contributed by atoms with Gasteiger partial charge in [-0.3, -0.25) is 5.73 Å². The first-order valence-corrected chi connectivity index (χ1v) is 4.61. The molecule has 0 aliphatic heterocycles. The number of ether oxygens (including phenoxy) is 2. The fourth-order valence-corrected chi connectivity index (χ4v) is 1.07. The van der Waals surface area contributed by atoms with E-state index in [4.69, 9.17) is 10.5 Å². The van der Waals surface area contributed by atoms with Gasteiger partial charge in [0.25, 0.3) is 0 Å². The van der Waals surface area contributed by atoms with Crippen molar-refractivity contribution in [2.24, 2.45) is 5.73 Å². The lowest BCUT2D eigenvalue weighted by Crippen LogP contribution is -2.48. The van der Waals surface area contributed by atoms with E-state index in [0.717, 1.165) is 5.56 Å². The average Bonchev–Trinajstić information content (AvgIpc) is 2.27. The van der Waals surface area contributed by atoms with Gasteiger partial charge in [0.2, 0.25) is 5.72 Å². The van der Waals surface area contributed by atoms with Crippen molar-refractivity contribution in [2.45, 2.75) is 19.3 Å². The average molecular weight is 209 g/mol. The molecule has 0 saturated carbocycles. The second-order valence-electron chi connectivity index (χ2n) is 3.37. The zero-order chi connectivity index (χ0) is 11.3. The van der Waals surface area contributed by atoms with Gasteiger partial charge in [0.15, 0.2) is 0 Å². The van der Waals surface area contributed by atoms with Crippen LogP contribution in [0.4, 0.5) is 0 Å². The molecule has 2 N–H and O–H groups in total. The predicted molar refractivity (Wildman–Crippen MR) is 55.8 cm³/mol. The second-order valence-corrected chi connectivity index (χ2v) is 3.37. The molecular weight excluding hydrogens is 194 g/mol. The SMILES string of the molecule is COC(=O)[C@](C)(N)OCc1ccccc1. The number of benzene rings is 1. The summed E-state index contributed by atoms with van der Waals surface area (Å²) >= 11 is 0. The van der Waals surface area contributed by atoms with Crippen LogP contribution in [0.25, 0.3) is 0 Å². The molecule has 0 unspecified atom stereocenters. The maximum Gasteiger partial charge on any atom is 0.353 e. The monoisotopic (exact) mass is 209 g/mol. The minimum absolute atomic E-state index is 0.281. The largest absolute Gasteiger partial charge is 0.466 e. The predicted octanol–water partition coefficient (Wildman–Crippen LogP) is 1.05. The van der Waals surface area contributed by atoms with Crippen LogP contribution in [0.1, 0.15) is 12.5 Å². The fourth-order valence-electron chi connectivity index (χ4n) is 1.07. The van der Waals surface area contributed by atoms with E-state index < -0.39 is 11.7 Å². The number of nitrogens with two attached hydrogens (primary N) is 1. The van der Waals surface area contributed by atoms with Crippen molar-refractivity contribution in [1.29, 1.82) is 0 Å². The number of methoxy groups -OCH3 is 1. The van der Waals surface area contributed by atoms with E-state index in [1.165, 1.54) is 14.0 Å². The Bertz CT molecular complexity index is 322. The normalized spacial score (nSPS) is 14.3. The lowest BCUT2D eigenvalue weighted by molar-refractivity contribution is -0.168. The van der Waals surface area contributed by atoms with Gasteiger partial charge < -0.3 is 9.47 Å². The highest BCUT2D eigenvalue weighted by Gasteiger charge is 2.30. The molecule has 1 aromatic carbocycles. The topological polar surface area (TPSA) is 61.5 Å². The van der Waals surface area contributed by atoms with Gasteiger partial charge in [-0.1, -0.05) is 30.3 Å². The lowest BCUT2D eigenvalue weighted by atomic mass is 10.2.